The molecule has 26 heavy (non-hydrogen) atoms. The molecular weight excluding hydrogens is 416 g/mol. The molecule has 1 aromatic heterocycles. The number of amides is 1. The molecule has 1 heterocycles. The van der Waals surface area contributed by atoms with Crippen molar-refractivity contribution in [3.05, 3.63) is 46.9 Å². The first-order valence-electron chi connectivity index (χ1n) is 8.17. The van der Waals surface area contributed by atoms with E-state index in [0.29, 0.717) is 17.5 Å². The normalized spacial score (nSPS) is 11.4. The van der Waals surface area contributed by atoms with E-state index in [1.807, 2.05) is 49.4 Å². The van der Waals surface area contributed by atoms with E-state index in [-0.39, 0.29) is 5.91 Å². The third-order valence-corrected chi connectivity index (χ3v) is 5.09. The van der Waals surface area contributed by atoms with E-state index >= 15 is 0 Å². The van der Waals surface area contributed by atoms with Crippen LogP contribution in [-0.4, -0.2) is 23.1 Å². The van der Waals surface area contributed by atoms with Gasteiger partial charge in [-0.3, -0.25) is 10.1 Å². The number of anilines is 1. The standard InChI is InChI=1S/C19H19BrN2O3S/c1-4-24-14-9-10-15-16(11-14)26-18(21-15)22-17(23)19(2,3)25-13-7-5-12(20)6-8-13/h5-11H,4H2,1-3H3,(H,21,22,23). The summed E-state index contributed by atoms with van der Waals surface area (Å²) in [6.45, 7) is 6.00. The highest BCUT2D eigenvalue weighted by Crippen LogP contribution is 2.30. The molecule has 0 aliphatic carbocycles. The van der Waals surface area contributed by atoms with Gasteiger partial charge in [0.05, 0.1) is 16.8 Å². The minimum Gasteiger partial charge on any atom is -0.494 e. The zero-order valence-corrected chi connectivity index (χ0v) is 17.1. The van der Waals surface area contributed by atoms with E-state index in [4.69, 9.17) is 9.47 Å². The van der Waals surface area contributed by atoms with E-state index in [0.717, 1.165) is 20.4 Å². The van der Waals surface area contributed by atoms with Crippen LogP contribution in [0.4, 0.5) is 5.13 Å². The molecule has 136 valence electrons. The van der Waals surface area contributed by atoms with Gasteiger partial charge >= 0.3 is 0 Å². The number of halogens is 1. The van der Waals surface area contributed by atoms with E-state index in [1.165, 1.54) is 11.3 Å². The van der Waals surface area contributed by atoms with Crippen LogP contribution in [0.2, 0.25) is 0 Å². The SMILES string of the molecule is CCOc1ccc2nc(NC(=O)C(C)(C)Oc3ccc(Br)cc3)sc2c1. The molecule has 3 aromatic rings. The first-order valence-corrected chi connectivity index (χ1v) is 9.78. The van der Waals surface area contributed by atoms with Crippen molar-refractivity contribution in [3.63, 3.8) is 0 Å². The molecule has 0 unspecified atom stereocenters. The summed E-state index contributed by atoms with van der Waals surface area (Å²) in [5.41, 5.74) is -0.220. The lowest BCUT2D eigenvalue weighted by Crippen LogP contribution is -2.42. The fraction of sp³-hybridized carbons (Fsp3) is 0.263. The minimum absolute atomic E-state index is 0.260. The zero-order chi connectivity index (χ0) is 18.7. The molecule has 0 atom stereocenters. The number of carbonyl (C=O) groups is 1. The fourth-order valence-corrected chi connectivity index (χ4v) is 3.46. The second-order valence-corrected chi connectivity index (χ2v) is 8.05. The van der Waals surface area contributed by atoms with Gasteiger partial charge in [0.25, 0.3) is 5.91 Å². The summed E-state index contributed by atoms with van der Waals surface area (Å²) < 4.78 is 13.2. The molecule has 0 aliphatic rings. The number of nitrogens with one attached hydrogen (secondary N) is 1. The molecule has 1 amide bonds. The average Bonchev–Trinajstić information content (AvgIpc) is 2.98. The summed E-state index contributed by atoms with van der Waals surface area (Å²) in [6, 6.07) is 13.0. The molecule has 0 saturated heterocycles. The van der Waals surface area contributed by atoms with Crippen molar-refractivity contribution in [1.29, 1.82) is 0 Å². The number of ether oxygens (including phenoxy) is 2. The average molecular weight is 435 g/mol. The lowest BCUT2D eigenvalue weighted by atomic mass is 10.1. The summed E-state index contributed by atoms with van der Waals surface area (Å²) in [5.74, 6) is 1.16. The summed E-state index contributed by atoms with van der Waals surface area (Å²) in [7, 11) is 0. The lowest BCUT2D eigenvalue weighted by molar-refractivity contribution is -0.128. The Morgan fingerprint density at radius 3 is 2.58 bits per heavy atom. The van der Waals surface area contributed by atoms with Gasteiger partial charge in [-0.1, -0.05) is 27.3 Å². The topological polar surface area (TPSA) is 60.5 Å². The third kappa shape index (κ3) is 4.34. The highest BCUT2D eigenvalue weighted by Gasteiger charge is 2.30. The fourth-order valence-electron chi connectivity index (χ4n) is 2.31. The largest absolute Gasteiger partial charge is 0.494 e. The van der Waals surface area contributed by atoms with Gasteiger partial charge in [0.2, 0.25) is 0 Å². The Morgan fingerprint density at radius 2 is 1.88 bits per heavy atom. The number of nitrogens with zero attached hydrogens (tertiary/aromatic N) is 1. The molecule has 5 nitrogen and oxygen atoms in total. The van der Waals surface area contributed by atoms with Crippen LogP contribution in [0, 0.1) is 0 Å². The van der Waals surface area contributed by atoms with Gasteiger partial charge in [0, 0.05) is 4.47 Å². The maximum absolute atomic E-state index is 12.6. The first-order chi connectivity index (χ1) is 12.4. The smallest absolute Gasteiger partial charge is 0.269 e. The van der Waals surface area contributed by atoms with E-state index in [1.54, 1.807) is 13.8 Å². The highest BCUT2D eigenvalue weighted by molar-refractivity contribution is 9.10. The minimum atomic E-state index is -1.04. The van der Waals surface area contributed by atoms with Gasteiger partial charge in [0.1, 0.15) is 11.5 Å². The van der Waals surface area contributed by atoms with Crippen LogP contribution in [-0.2, 0) is 4.79 Å². The van der Waals surface area contributed by atoms with Gasteiger partial charge in [-0.05, 0) is 63.2 Å². The van der Waals surface area contributed by atoms with E-state index in [9.17, 15) is 4.79 Å². The predicted octanol–water partition coefficient (Wildman–Crippen LogP) is 5.25. The van der Waals surface area contributed by atoms with Gasteiger partial charge in [0.15, 0.2) is 10.7 Å². The Labute approximate surface area is 164 Å². The Hall–Kier alpha value is -2.12. The van der Waals surface area contributed by atoms with Crippen molar-refractivity contribution in [2.45, 2.75) is 26.4 Å². The van der Waals surface area contributed by atoms with Crippen LogP contribution in [0.5, 0.6) is 11.5 Å². The molecule has 0 spiro atoms. The lowest BCUT2D eigenvalue weighted by Gasteiger charge is -2.24. The molecule has 0 saturated carbocycles. The van der Waals surface area contributed by atoms with Crippen molar-refractivity contribution in [2.75, 3.05) is 11.9 Å². The van der Waals surface area contributed by atoms with Gasteiger partial charge in [-0.15, -0.1) is 0 Å². The van der Waals surface area contributed by atoms with Crippen molar-refractivity contribution < 1.29 is 14.3 Å². The first kappa shape index (κ1) is 18.7. The van der Waals surface area contributed by atoms with Crippen LogP contribution in [0.25, 0.3) is 10.2 Å². The van der Waals surface area contributed by atoms with Gasteiger partial charge in [-0.2, -0.15) is 0 Å². The highest BCUT2D eigenvalue weighted by atomic mass is 79.9. The third-order valence-electron chi connectivity index (χ3n) is 3.62. The zero-order valence-electron chi connectivity index (χ0n) is 14.7. The number of hydrogen-bond donors (Lipinski definition) is 1. The number of carbonyl (C=O) groups excluding carboxylic acids is 1. The van der Waals surface area contributed by atoms with E-state index in [2.05, 4.69) is 26.2 Å². The van der Waals surface area contributed by atoms with Crippen molar-refractivity contribution in [2.24, 2.45) is 0 Å². The Morgan fingerprint density at radius 1 is 1.19 bits per heavy atom. The van der Waals surface area contributed by atoms with Crippen molar-refractivity contribution >= 4 is 48.5 Å². The van der Waals surface area contributed by atoms with Crippen molar-refractivity contribution in [3.8, 4) is 11.5 Å². The van der Waals surface area contributed by atoms with Crippen LogP contribution in [0.15, 0.2) is 46.9 Å². The summed E-state index contributed by atoms with van der Waals surface area (Å²) in [5, 5.41) is 3.38. The molecular formula is C19H19BrN2O3S. The van der Waals surface area contributed by atoms with Crippen LogP contribution in [0.3, 0.4) is 0 Å². The number of hydrogen-bond acceptors (Lipinski definition) is 5. The number of fused-ring (bicyclic) bond motifs is 1. The summed E-state index contributed by atoms with van der Waals surface area (Å²) >= 11 is 4.78. The molecule has 0 bridgehead atoms. The number of aromatic nitrogens is 1. The predicted molar refractivity (Wildman–Crippen MR) is 108 cm³/mol. The van der Waals surface area contributed by atoms with Gasteiger partial charge in [-0.25, -0.2) is 4.98 Å². The van der Waals surface area contributed by atoms with Crippen LogP contribution < -0.4 is 14.8 Å². The summed E-state index contributed by atoms with van der Waals surface area (Å²) in [6.07, 6.45) is 0. The quantitative estimate of drug-likeness (QED) is 0.574. The van der Waals surface area contributed by atoms with Gasteiger partial charge < -0.3 is 9.47 Å². The molecule has 7 heteroatoms. The Balaban J connectivity index is 1.73. The summed E-state index contributed by atoms with van der Waals surface area (Å²) in [4.78, 5) is 17.1. The maximum atomic E-state index is 12.6. The second-order valence-electron chi connectivity index (χ2n) is 6.10. The molecule has 3 rings (SSSR count). The molecule has 0 fully saturated rings. The molecule has 0 radical (unpaired) electrons. The monoisotopic (exact) mass is 434 g/mol. The second kappa shape index (κ2) is 7.63. The number of benzene rings is 2. The number of rotatable bonds is 6. The van der Waals surface area contributed by atoms with Crippen LogP contribution in [0.1, 0.15) is 20.8 Å². The number of thiazole rings is 1. The molecule has 1 N–H and O–H groups in total. The van der Waals surface area contributed by atoms with Crippen LogP contribution >= 0.6 is 27.3 Å². The Bertz CT molecular complexity index is 922. The Kier molecular flexibility index (Phi) is 5.48. The maximum Gasteiger partial charge on any atom is 0.269 e. The molecule has 2 aromatic carbocycles. The van der Waals surface area contributed by atoms with Crippen molar-refractivity contribution in [1.82, 2.24) is 4.98 Å². The molecule has 0 aliphatic heterocycles. The van der Waals surface area contributed by atoms with E-state index < -0.39 is 5.60 Å².